The third-order valence-electron chi connectivity index (χ3n) is 5.00. The average Bonchev–Trinajstić information content (AvgIpc) is 3.42. The van der Waals surface area contributed by atoms with E-state index in [0.717, 1.165) is 36.9 Å². The van der Waals surface area contributed by atoms with Crippen LogP contribution in [0.5, 0.6) is 0 Å². The van der Waals surface area contributed by atoms with E-state index < -0.39 is 0 Å². The number of aromatic nitrogens is 3. The molecule has 146 valence electrons. The monoisotopic (exact) mass is 488 g/mol. The molecule has 1 aliphatic rings. The average molecular weight is 488 g/mol. The Bertz CT molecular complexity index is 894. The number of rotatable bonds is 4. The van der Waals surface area contributed by atoms with Gasteiger partial charge in [0, 0.05) is 51.2 Å². The third kappa shape index (κ3) is 4.70. The van der Waals surface area contributed by atoms with Crippen molar-refractivity contribution in [3.05, 3.63) is 78.5 Å². The minimum absolute atomic E-state index is 0. The molecule has 1 N–H and O–H groups in total. The van der Waals surface area contributed by atoms with Gasteiger partial charge in [0.2, 0.25) is 0 Å². The number of benzene rings is 1. The van der Waals surface area contributed by atoms with Crippen LogP contribution in [0.2, 0.25) is 0 Å². The Balaban J connectivity index is 0.00000225. The van der Waals surface area contributed by atoms with Crippen LogP contribution >= 0.6 is 24.0 Å². The Morgan fingerprint density at radius 3 is 2.82 bits per heavy atom. The van der Waals surface area contributed by atoms with Crippen molar-refractivity contribution in [2.45, 2.75) is 18.9 Å². The van der Waals surface area contributed by atoms with Gasteiger partial charge in [-0.1, -0.05) is 30.3 Å². The lowest BCUT2D eigenvalue weighted by Crippen LogP contribution is -2.39. The molecule has 3 aromatic rings. The van der Waals surface area contributed by atoms with Crippen LogP contribution in [0.1, 0.15) is 23.5 Å². The molecule has 2 aromatic heterocycles. The Hall–Kier alpha value is -2.42. The van der Waals surface area contributed by atoms with Crippen molar-refractivity contribution < 1.29 is 0 Å². The molecule has 0 aliphatic carbocycles. The van der Waals surface area contributed by atoms with E-state index in [1.54, 1.807) is 12.5 Å². The Labute approximate surface area is 182 Å². The number of hydrogen-bond donors (Lipinski definition) is 1. The molecule has 0 spiro atoms. The van der Waals surface area contributed by atoms with Gasteiger partial charge in [0.25, 0.3) is 0 Å². The molecule has 28 heavy (non-hydrogen) atoms. The lowest BCUT2D eigenvalue weighted by Gasteiger charge is -2.22. The zero-order valence-corrected chi connectivity index (χ0v) is 18.2. The predicted octanol–water partition coefficient (Wildman–Crippen LogP) is 3.45. The predicted molar refractivity (Wildman–Crippen MR) is 122 cm³/mol. The van der Waals surface area contributed by atoms with Gasteiger partial charge in [-0.2, -0.15) is 0 Å². The number of hydrogen-bond acceptors (Lipinski definition) is 3. The topological polar surface area (TPSA) is 58.3 Å². The third-order valence-corrected chi connectivity index (χ3v) is 5.00. The second kappa shape index (κ2) is 9.68. The van der Waals surface area contributed by atoms with Crippen LogP contribution in [-0.4, -0.2) is 45.5 Å². The summed E-state index contributed by atoms with van der Waals surface area (Å²) in [5.74, 6) is 2.39. The summed E-state index contributed by atoms with van der Waals surface area (Å²) in [5, 5.41) is 3.50. The van der Waals surface area contributed by atoms with E-state index in [4.69, 9.17) is 0 Å². The number of likely N-dealkylation sites (tertiary alicyclic amines) is 1. The van der Waals surface area contributed by atoms with Gasteiger partial charge in [0.05, 0.1) is 0 Å². The Morgan fingerprint density at radius 1 is 1.21 bits per heavy atom. The molecule has 0 radical (unpaired) electrons. The van der Waals surface area contributed by atoms with Crippen molar-refractivity contribution in [2.75, 3.05) is 20.1 Å². The first-order chi connectivity index (χ1) is 13.3. The van der Waals surface area contributed by atoms with Crippen molar-refractivity contribution >= 4 is 29.9 Å². The van der Waals surface area contributed by atoms with Crippen molar-refractivity contribution in [3.8, 4) is 5.82 Å². The van der Waals surface area contributed by atoms with Gasteiger partial charge in [-0.05, 0) is 29.7 Å². The number of guanidine groups is 1. The fraction of sp³-hybridized carbons (Fsp3) is 0.286. The molecule has 0 amide bonds. The lowest BCUT2D eigenvalue weighted by molar-refractivity contribution is 0.486. The lowest BCUT2D eigenvalue weighted by atomic mass is 9.99. The molecule has 4 rings (SSSR count). The summed E-state index contributed by atoms with van der Waals surface area (Å²) in [6, 6.07) is 14.8. The van der Waals surface area contributed by atoms with Gasteiger partial charge >= 0.3 is 0 Å². The van der Waals surface area contributed by atoms with Crippen LogP contribution in [0.15, 0.2) is 72.4 Å². The number of pyridine rings is 1. The second-order valence-corrected chi connectivity index (χ2v) is 6.74. The molecule has 1 aliphatic heterocycles. The second-order valence-electron chi connectivity index (χ2n) is 6.74. The molecule has 3 heterocycles. The normalized spacial score (nSPS) is 16.7. The van der Waals surface area contributed by atoms with Gasteiger partial charge in [-0.3, -0.25) is 9.56 Å². The number of nitrogens with one attached hydrogen (secondary N) is 1. The summed E-state index contributed by atoms with van der Waals surface area (Å²) in [7, 11) is 1.85. The first kappa shape index (κ1) is 20.3. The van der Waals surface area contributed by atoms with E-state index in [2.05, 4.69) is 61.6 Å². The minimum Gasteiger partial charge on any atom is -0.352 e. The molecule has 0 saturated carbocycles. The maximum Gasteiger partial charge on any atom is 0.193 e. The van der Waals surface area contributed by atoms with E-state index in [-0.39, 0.29) is 24.0 Å². The summed E-state index contributed by atoms with van der Waals surface area (Å²) in [6.45, 7) is 2.74. The summed E-state index contributed by atoms with van der Waals surface area (Å²) in [6.07, 6.45) is 8.39. The molecule has 1 aromatic carbocycles. The molecular formula is C21H25IN6. The summed E-state index contributed by atoms with van der Waals surface area (Å²) >= 11 is 0. The molecular weight excluding hydrogens is 463 g/mol. The Kier molecular flexibility index (Phi) is 7.02. The van der Waals surface area contributed by atoms with E-state index >= 15 is 0 Å². The van der Waals surface area contributed by atoms with Crippen LogP contribution in [0, 0.1) is 0 Å². The molecule has 7 heteroatoms. The summed E-state index contributed by atoms with van der Waals surface area (Å²) in [5.41, 5.74) is 2.57. The SMILES string of the molecule is CN=C(NCc1ccnc(-n2ccnc2)c1)N1CCC(c2ccccc2)C1.I. The molecule has 1 unspecified atom stereocenters. The van der Waals surface area contributed by atoms with Crippen molar-refractivity contribution in [1.82, 2.24) is 24.8 Å². The molecule has 6 nitrogen and oxygen atoms in total. The van der Waals surface area contributed by atoms with Crippen LogP contribution in [0.25, 0.3) is 5.82 Å². The molecule has 1 saturated heterocycles. The first-order valence-electron chi connectivity index (χ1n) is 9.27. The van der Waals surface area contributed by atoms with Gasteiger partial charge in [-0.25, -0.2) is 9.97 Å². The van der Waals surface area contributed by atoms with E-state index in [1.165, 1.54) is 5.56 Å². The summed E-state index contributed by atoms with van der Waals surface area (Å²) < 4.78 is 1.91. The summed E-state index contributed by atoms with van der Waals surface area (Å²) in [4.78, 5) is 15.3. The molecule has 0 bridgehead atoms. The highest BCUT2D eigenvalue weighted by Crippen LogP contribution is 2.26. The Morgan fingerprint density at radius 2 is 2.07 bits per heavy atom. The van der Waals surface area contributed by atoms with Crippen molar-refractivity contribution in [2.24, 2.45) is 4.99 Å². The van der Waals surface area contributed by atoms with Crippen LogP contribution < -0.4 is 5.32 Å². The number of halogens is 1. The van der Waals surface area contributed by atoms with Gasteiger partial charge < -0.3 is 10.2 Å². The van der Waals surface area contributed by atoms with Gasteiger partial charge in [-0.15, -0.1) is 24.0 Å². The maximum absolute atomic E-state index is 4.49. The number of imidazole rings is 1. The smallest absolute Gasteiger partial charge is 0.193 e. The fourth-order valence-electron chi connectivity index (χ4n) is 3.57. The number of nitrogens with zero attached hydrogens (tertiary/aromatic N) is 5. The van der Waals surface area contributed by atoms with Crippen molar-refractivity contribution in [3.63, 3.8) is 0 Å². The minimum atomic E-state index is 0. The number of aliphatic imine (C=N–C) groups is 1. The molecule has 1 fully saturated rings. The zero-order chi connectivity index (χ0) is 18.5. The highest BCUT2D eigenvalue weighted by molar-refractivity contribution is 14.0. The van der Waals surface area contributed by atoms with E-state index in [1.807, 2.05) is 30.1 Å². The van der Waals surface area contributed by atoms with Crippen LogP contribution in [-0.2, 0) is 6.54 Å². The van der Waals surface area contributed by atoms with Crippen molar-refractivity contribution in [1.29, 1.82) is 0 Å². The maximum atomic E-state index is 4.49. The van der Waals surface area contributed by atoms with Crippen LogP contribution in [0.3, 0.4) is 0 Å². The standard InChI is InChI=1S/C21H24N6.HI/c1-22-21(26-11-8-19(15-26)18-5-3-2-4-6-18)25-14-17-7-9-24-20(13-17)27-12-10-23-16-27;/h2-7,9-10,12-13,16,19H,8,11,14-15H2,1H3,(H,22,25);1H. The fourth-order valence-corrected chi connectivity index (χ4v) is 3.57. The van der Waals surface area contributed by atoms with E-state index in [0.29, 0.717) is 12.5 Å². The highest BCUT2D eigenvalue weighted by atomic mass is 127. The van der Waals surface area contributed by atoms with Crippen LogP contribution in [0.4, 0.5) is 0 Å². The quantitative estimate of drug-likeness (QED) is 0.347. The largest absolute Gasteiger partial charge is 0.352 e. The highest BCUT2D eigenvalue weighted by Gasteiger charge is 2.25. The first-order valence-corrected chi connectivity index (χ1v) is 9.27. The zero-order valence-electron chi connectivity index (χ0n) is 15.9. The van der Waals surface area contributed by atoms with E-state index in [9.17, 15) is 0 Å². The van der Waals surface area contributed by atoms with Gasteiger partial charge in [0.1, 0.15) is 12.1 Å². The van der Waals surface area contributed by atoms with Gasteiger partial charge in [0.15, 0.2) is 5.96 Å². The molecule has 1 atom stereocenters.